The predicted molar refractivity (Wildman–Crippen MR) is 80.3 cm³/mol. The molecule has 0 unspecified atom stereocenters. The first kappa shape index (κ1) is 27.7. The van der Waals surface area contributed by atoms with Crippen LogP contribution in [0.2, 0.25) is 0 Å². The molecule has 0 aromatic heterocycles. The number of carbonyl (C=O) groups excluding carboxylic acids is 1. The quantitative estimate of drug-likeness (QED) is 0.593. The number of unbranched alkanes of at least 4 members (excludes halogenated alkanes) is 1. The van der Waals surface area contributed by atoms with Gasteiger partial charge in [0.25, 0.3) is 11.9 Å². The van der Waals surface area contributed by atoms with Crippen LogP contribution >= 0.6 is 0 Å². The Bertz CT molecular complexity index is 217. The molecule has 0 aliphatic heterocycles. The second-order valence-electron chi connectivity index (χ2n) is 3.51. The fourth-order valence-electron chi connectivity index (χ4n) is 0.564. The molecule has 0 saturated carbocycles. The number of carboxylic acid groups (broad SMARTS) is 2. The third kappa shape index (κ3) is 171. The monoisotopic (exact) mass is 310 g/mol. The van der Waals surface area contributed by atoms with Crippen molar-refractivity contribution >= 4 is 17.9 Å². The summed E-state index contributed by atoms with van der Waals surface area (Å²) in [5, 5.41) is 14.8. The van der Waals surface area contributed by atoms with E-state index in [1.54, 1.807) is 0 Å². The van der Waals surface area contributed by atoms with Crippen LogP contribution in [0.25, 0.3) is 0 Å². The van der Waals surface area contributed by atoms with Crippen molar-refractivity contribution < 1.29 is 34.1 Å². The van der Waals surface area contributed by atoms with Crippen molar-refractivity contribution in [2.75, 3.05) is 19.8 Å². The van der Waals surface area contributed by atoms with Crippen molar-refractivity contribution in [2.24, 2.45) is 0 Å². The number of carbonyl (C=O) groups is 3. The Kier molecular flexibility index (Phi) is 35.4. The first-order valence-corrected chi connectivity index (χ1v) is 6.75. The second kappa shape index (κ2) is 26.8. The first-order valence-electron chi connectivity index (χ1n) is 6.75. The van der Waals surface area contributed by atoms with Crippen LogP contribution in [-0.2, 0) is 23.9 Å². The molecule has 0 aliphatic rings. The lowest BCUT2D eigenvalue weighted by Crippen LogP contribution is -1.99. The van der Waals surface area contributed by atoms with Crippen molar-refractivity contribution in [2.45, 2.75) is 54.4 Å². The van der Waals surface area contributed by atoms with Gasteiger partial charge in [0, 0.05) is 34.0 Å². The van der Waals surface area contributed by atoms with E-state index in [4.69, 9.17) is 24.5 Å². The van der Waals surface area contributed by atoms with Crippen molar-refractivity contribution in [3.63, 3.8) is 0 Å². The number of esters is 1. The van der Waals surface area contributed by atoms with Crippen molar-refractivity contribution in [1.82, 2.24) is 0 Å². The van der Waals surface area contributed by atoms with Gasteiger partial charge in [-0.05, 0) is 20.3 Å². The van der Waals surface area contributed by atoms with Gasteiger partial charge in [-0.1, -0.05) is 13.3 Å². The lowest BCUT2D eigenvalue weighted by atomic mass is 10.4. The van der Waals surface area contributed by atoms with Crippen LogP contribution in [-0.4, -0.2) is 47.9 Å². The lowest BCUT2D eigenvalue weighted by molar-refractivity contribution is -0.141. The molecule has 7 nitrogen and oxygen atoms in total. The van der Waals surface area contributed by atoms with Gasteiger partial charge < -0.3 is 19.7 Å². The summed E-state index contributed by atoms with van der Waals surface area (Å²) in [7, 11) is 0. The van der Waals surface area contributed by atoms with E-state index in [0.717, 1.165) is 39.9 Å². The molecule has 7 heteroatoms. The van der Waals surface area contributed by atoms with Crippen LogP contribution < -0.4 is 0 Å². The smallest absolute Gasteiger partial charge is 0.302 e. The molecule has 0 saturated heterocycles. The van der Waals surface area contributed by atoms with Gasteiger partial charge in [0.2, 0.25) is 0 Å². The molecule has 0 atom stereocenters. The molecule has 0 bridgehead atoms. The van der Waals surface area contributed by atoms with Gasteiger partial charge in [-0.3, -0.25) is 14.4 Å². The summed E-state index contributed by atoms with van der Waals surface area (Å²) in [6, 6.07) is 0. The Morgan fingerprint density at radius 1 is 0.857 bits per heavy atom. The zero-order valence-electron chi connectivity index (χ0n) is 14.0. The summed E-state index contributed by atoms with van der Waals surface area (Å²) < 4.78 is 9.48. The number of ether oxygens (including phenoxy) is 2. The fourth-order valence-corrected chi connectivity index (χ4v) is 0.564. The largest absolute Gasteiger partial charge is 0.481 e. The van der Waals surface area contributed by atoms with E-state index >= 15 is 0 Å². The maximum atomic E-state index is 10.1. The number of hydrogen-bond donors (Lipinski definition) is 2. The van der Waals surface area contributed by atoms with E-state index in [9.17, 15) is 4.79 Å². The Morgan fingerprint density at radius 3 is 1.33 bits per heavy atom. The van der Waals surface area contributed by atoms with E-state index in [1.807, 2.05) is 13.8 Å². The zero-order chi connectivity index (χ0) is 17.7. The van der Waals surface area contributed by atoms with Gasteiger partial charge in [-0.25, -0.2) is 0 Å². The van der Waals surface area contributed by atoms with Gasteiger partial charge >= 0.3 is 5.97 Å². The summed E-state index contributed by atoms with van der Waals surface area (Å²) >= 11 is 0. The Hall–Kier alpha value is -1.63. The average molecular weight is 310 g/mol. The van der Waals surface area contributed by atoms with Crippen LogP contribution in [0, 0.1) is 0 Å². The van der Waals surface area contributed by atoms with Gasteiger partial charge in [-0.15, -0.1) is 0 Å². The standard InChI is InChI=1S/C6H12O2.C4H10O.2C2H4O2/c1-3-4-5-8-6(2)7;1-3-5-4-2;2*1-2(3)4/h3-5H2,1-2H3;3-4H2,1-2H3;2*1H3,(H,3,4). The molecule has 0 fully saturated rings. The lowest BCUT2D eigenvalue weighted by Gasteiger charge is -1.96. The summed E-state index contributed by atoms with van der Waals surface area (Å²) in [4.78, 5) is 28.1. The van der Waals surface area contributed by atoms with Gasteiger partial charge in [0.15, 0.2) is 0 Å². The van der Waals surface area contributed by atoms with E-state index in [0.29, 0.717) is 6.61 Å². The summed E-state index contributed by atoms with van der Waals surface area (Å²) in [5.41, 5.74) is 0. The van der Waals surface area contributed by atoms with Crippen LogP contribution in [0.5, 0.6) is 0 Å². The normalized spacial score (nSPS) is 7.71. The number of aliphatic carboxylic acids is 2. The molecule has 0 amide bonds. The maximum Gasteiger partial charge on any atom is 0.302 e. The molecule has 0 spiro atoms. The topological polar surface area (TPSA) is 110 Å². The minimum Gasteiger partial charge on any atom is -0.481 e. The van der Waals surface area contributed by atoms with Crippen molar-refractivity contribution in [1.29, 1.82) is 0 Å². The highest BCUT2D eigenvalue weighted by Crippen LogP contribution is 1.86. The van der Waals surface area contributed by atoms with E-state index in [-0.39, 0.29) is 5.97 Å². The molecular weight excluding hydrogens is 280 g/mol. The molecule has 0 aliphatic carbocycles. The molecule has 2 N–H and O–H groups in total. The number of hydrogen-bond acceptors (Lipinski definition) is 5. The van der Waals surface area contributed by atoms with E-state index < -0.39 is 11.9 Å². The summed E-state index contributed by atoms with van der Waals surface area (Å²) in [6.07, 6.45) is 2.05. The molecule has 0 heterocycles. The van der Waals surface area contributed by atoms with Gasteiger partial charge in [-0.2, -0.15) is 0 Å². The second-order valence-corrected chi connectivity index (χ2v) is 3.51. The zero-order valence-corrected chi connectivity index (χ0v) is 14.0. The first-order chi connectivity index (χ1) is 9.65. The highest BCUT2D eigenvalue weighted by molar-refractivity contribution is 5.65. The highest BCUT2D eigenvalue weighted by atomic mass is 16.5. The van der Waals surface area contributed by atoms with Crippen LogP contribution in [0.15, 0.2) is 0 Å². The third-order valence-electron chi connectivity index (χ3n) is 1.21. The maximum absolute atomic E-state index is 10.1. The Labute approximate surface area is 127 Å². The molecule has 21 heavy (non-hydrogen) atoms. The average Bonchev–Trinajstić information content (AvgIpc) is 2.29. The molecule has 128 valence electrons. The van der Waals surface area contributed by atoms with Crippen molar-refractivity contribution in [3.8, 4) is 0 Å². The molecule has 0 radical (unpaired) electrons. The van der Waals surface area contributed by atoms with Crippen molar-refractivity contribution in [3.05, 3.63) is 0 Å². The Balaban J connectivity index is -0.0000000970. The molecule has 0 aromatic carbocycles. The molecular formula is C14H30O7. The number of carboxylic acids is 2. The molecule has 0 aromatic rings. The Morgan fingerprint density at radius 2 is 1.19 bits per heavy atom. The summed E-state index contributed by atoms with van der Waals surface area (Å²) in [6.45, 7) is 11.9. The van der Waals surface area contributed by atoms with Gasteiger partial charge in [0.1, 0.15) is 0 Å². The molecule has 0 rings (SSSR count). The third-order valence-corrected chi connectivity index (χ3v) is 1.21. The minimum atomic E-state index is -0.833. The van der Waals surface area contributed by atoms with Gasteiger partial charge in [0.05, 0.1) is 6.61 Å². The minimum absolute atomic E-state index is 0.182. The fraction of sp³-hybridized carbons (Fsp3) is 0.786. The predicted octanol–water partition coefficient (Wildman–Crippen LogP) is 2.57. The highest BCUT2D eigenvalue weighted by Gasteiger charge is 1.88. The van der Waals surface area contributed by atoms with Crippen LogP contribution in [0.1, 0.15) is 54.4 Å². The summed E-state index contributed by atoms with van der Waals surface area (Å²) in [5.74, 6) is -1.85. The van der Waals surface area contributed by atoms with Crippen LogP contribution in [0.4, 0.5) is 0 Å². The number of rotatable bonds is 5. The van der Waals surface area contributed by atoms with E-state index in [2.05, 4.69) is 11.7 Å². The van der Waals surface area contributed by atoms with Crippen LogP contribution in [0.3, 0.4) is 0 Å². The SMILES string of the molecule is CC(=O)O.CC(=O)O.CCCCOC(C)=O.CCOCC. The van der Waals surface area contributed by atoms with E-state index in [1.165, 1.54) is 6.92 Å².